The number of anilines is 1. The molecule has 0 fully saturated rings. The first-order valence-electron chi connectivity index (χ1n) is 6.29. The van der Waals surface area contributed by atoms with Crippen LogP contribution in [-0.4, -0.2) is 15.9 Å². The zero-order valence-corrected chi connectivity index (χ0v) is 12.3. The Kier molecular flexibility index (Phi) is 4.65. The number of aryl methyl sites for hydroxylation is 2. The van der Waals surface area contributed by atoms with E-state index < -0.39 is 0 Å². The summed E-state index contributed by atoms with van der Waals surface area (Å²) in [5.41, 5.74) is 4.29. The monoisotopic (exact) mass is 291 g/mol. The first-order chi connectivity index (χ1) is 9.63. The number of nitrogens with zero attached hydrogens (tertiary/aromatic N) is 2. The zero-order valence-electron chi connectivity index (χ0n) is 11.4. The average molecular weight is 291 g/mol. The van der Waals surface area contributed by atoms with E-state index >= 15 is 0 Å². The molecule has 0 saturated carbocycles. The molecule has 0 spiro atoms. The van der Waals surface area contributed by atoms with E-state index in [2.05, 4.69) is 27.6 Å². The third-order valence-corrected chi connectivity index (χ3v) is 3.93. The third kappa shape index (κ3) is 3.31. The SMILES string of the molecule is CCc1cnc(CNC(=O)c2cnc(C)cc2NN)s1. The van der Waals surface area contributed by atoms with E-state index in [1.807, 2.05) is 13.1 Å². The highest BCUT2D eigenvalue weighted by molar-refractivity contribution is 7.11. The lowest BCUT2D eigenvalue weighted by Crippen LogP contribution is -2.25. The van der Waals surface area contributed by atoms with Crippen molar-refractivity contribution in [3.8, 4) is 0 Å². The van der Waals surface area contributed by atoms with Crippen molar-refractivity contribution in [3.05, 3.63) is 39.6 Å². The number of thiazole rings is 1. The molecule has 2 rings (SSSR count). The summed E-state index contributed by atoms with van der Waals surface area (Å²) in [5.74, 6) is 5.19. The van der Waals surface area contributed by atoms with Crippen LogP contribution >= 0.6 is 11.3 Å². The number of pyridine rings is 1. The zero-order chi connectivity index (χ0) is 14.5. The third-order valence-electron chi connectivity index (χ3n) is 2.79. The second kappa shape index (κ2) is 6.44. The van der Waals surface area contributed by atoms with E-state index in [9.17, 15) is 4.79 Å². The van der Waals surface area contributed by atoms with Crippen LogP contribution in [0.25, 0.3) is 0 Å². The molecule has 0 bridgehead atoms. The summed E-state index contributed by atoms with van der Waals surface area (Å²) in [4.78, 5) is 21.7. The first kappa shape index (κ1) is 14.4. The fourth-order valence-corrected chi connectivity index (χ4v) is 2.51. The van der Waals surface area contributed by atoms with E-state index in [1.165, 1.54) is 11.1 Å². The van der Waals surface area contributed by atoms with Gasteiger partial charge in [0.05, 0.1) is 17.8 Å². The fraction of sp³-hybridized carbons (Fsp3) is 0.308. The van der Waals surface area contributed by atoms with Gasteiger partial charge in [0.25, 0.3) is 5.91 Å². The molecule has 0 aliphatic rings. The molecule has 6 nitrogen and oxygen atoms in total. The number of aromatic nitrogens is 2. The summed E-state index contributed by atoms with van der Waals surface area (Å²) < 4.78 is 0. The van der Waals surface area contributed by atoms with Gasteiger partial charge in [-0.15, -0.1) is 11.3 Å². The number of nitrogens with one attached hydrogen (secondary N) is 2. The molecule has 0 unspecified atom stereocenters. The highest BCUT2D eigenvalue weighted by atomic mass is 32.1. The molecule has 0 saturated heterocycles. The van der Waals surface area contributed by atoms with Gasteiger partial charge in [-0.1, -0.05) is 6.92 Å². The van der Waals surface area contributed by atoms with Crippen molar-refractivity contribution in [2.45, 2.75) is 26.8 Å². The van der Waals surface area contributed by atoms with Crippen molar-refractivity contribution >= 4 is 22.9 Å². The van der Waals surface area contributed by atoms with Crippen LogP contribution in [-0.2, 0) is 13.0 Å². The molecule has 4 N–H and O–H groups in total. The average Bonchev–Trinajstić information content (AvgIpc) is 2.92. The van der Waals surface area contributed by atoms with Gasteiger partial charge in [0.15, 0.2) is 0 Å². The second-order valence-corrected chi connectivity index (χ2v) is 5.47. The smallest absolute Gasteiger partial charge is 0.255 e. The molecule has 0 radical (unpaired) electrons. The number of nitrogen functional groups attached to an aromatic ring is 1. The molecule has 2 aromatic rings. The molecule has 2 heterocycles. The predicted molar refractivity (Wildman–Crippen MR) is 79.4 cm³/mol. The lowest BCUT2D eigenvalue weighted by atomic mass is 10.2. The molecule has 2 aromatic heterocycles. The van der Waals surface area contributed by atoms with E-state index in [0.29, 0.717) is 17.8 Å². The Morgan fingerprint density at radius 1 is 1.40 bits per heavy atom. The highest BCUT2D eigenvalue weighted by Gasteiger charge is 2.12. The van der Waals surface area contributed by atoms with Gasteiger partial charge in [0.1, 0.15) is 5.01 Å². The molecule has 7 heteroatoms. The number of hydrogen-bond acceptors (Lipinski definition) is 6. The minimum Gasteiger partial charge on any atom is -0.345 e. The van der Waals surface area contributed by atoms with Crippen LogP contribution in [0.3, 0.4) is 0 Å². The van der Waals surface area contributed by atoms with Gasteiger partial charge in [-0.25, -0.2) is 4.98 Å². The van der Waals surface area contributed by atoms with Crippen LogP contribution in [0.2, 0.25) is 0 Å². The molecule has 0 atom stereocenters. The largest absolute Gasteiger partial charge is 0.345 e. The summed E-state index contributed by atoms with van der Waals surface area (Å²) >= 11 is 1.60. The molecule has 0 aliphatic carbocycles. The molecule has 0 aliphatic heterocycles. The van der Waals surface area contributed by atoms with E-state index in [-0.39, 0.29) is 5.91 Å². The Hall–Kier alpha value is -1.99. The van der Waals surface area contributed by atoms with Gasteiger partial charge in [0, 0.05) is 23.0 Å². The van der Waals surface area contributed by atoms with Gasteiger partial charge in [-0.05, 0) is 19.4 Å². The van der Waals surface area contributed by atoms with Crippen molar-refractivity contribution in [1.82, 2.24) is 15.3 Å². The maximum Gasteiger partial charge on any atom is 0.255 e. The molecular weight excluding hydrogens is 274 g/mol. The van der Waals surface area contributed by atoms with Crippen molar-refractivity contribution < 1.29 is 4.79 Å². The quantitative estimate of drug-likeness (QED) is 0.575. The number of hydrogen-bond donors (Lipinski definition) is 3. The van der Waals surface area contributed by atoms with Crippen LogP contribution in [0, 0.1) is 6.92 Å². The maximum absolute atomic E-state index is 12.1. The van der Waals surface area contributed by atoms with Crippen molar-refractivity contribution in [3.63, 3.8) is 0 Å². The van der Waals surface area contributed by atoms with Gasteiger partial charge >= 0.3 is 0 Å². The minimum atomic E-state index is -0.223. The normalized spacial score (nSPS) is 10.3. The molecular formula is C13H17N5OS. The van der Waals surface area contributed by atoms with Crippen LogP contribution in [0.5, 0.6) is 0 Å². The Morgan fingerprint density at radius 2 is 2.20 bits per heavy atom. The predicted octanol–water partition coefficient (Wildman–Crippen LogP) is 1.62. The first-order valence-corrected chi connectivity index (χ1v) is 7.10. The number of hydrazine groups is 1. The topological polar surface area (TPSA) is 92.9 Å². The summed E-state index contributed by atoms with van der Waals surface area (Å²) in [7, 11) is 0. The Balaban J connectivity index is 2.04. The van der Waals surface area contributed by atoms with Crippen molar-refractivity contribution in [1.29, 1.82) is 0 Å². The van der Waals surface area contributed by atoms with Crippen LogP contribution in [0.4, 0.5) is 5.69 Å². The second-order valence-electron chi connectivity index (χ2n) is 4.27. The standard InChI is InChI=1S/C13H17N5OS/c1-3-9-5-16-12(20-9)7-17-13(19)10-6-15-8(2)4-11(10)18-14/h4-6H,3,7,14H2,1-2H3,(H,15,18)(H,17,19). The number of amides is 1. The van der Waals surface area contributed by atoms with Crippen LogP contribution in [0.1, 0.15) is 32.9 Å². The van der Waals surface area contributed by atoms with E-state index in [0.717, 1.165) is 17.1 Å². The van der Waals surface area contributed by atoms with Gasteiger partial charge < -0.3 is 10.7 Å². The molecule has 106 valence electrons. The Bertz CT molecular complexity index is 611. The van der Waals surface area contributed by atoms with Crippen LogP contribution in [0.15, 0.2) is 18.5 Å². The van der Waals surface area contributed by atoms with Gasteiger partial charge in [-0.2, -0.15) is 0 Å². The number of carbonyl (C=O) groups excluding carboxylic acids is 1. The Labute approximate surface area is 121 Å². The minimum absolute atomic E-state index is 0.223. The highest BCUT2D eigenvalue weighted by Crippen LogP contribution is 2.16. The molecule has 20 heavy (non-hydrogen) atoms. The fourth-order valence-electron chi connectivity index (χ4n) is 1.70. The maximum atomic E-state index is 12.1. The van der Waals surface area contributed by atoms with Crippen molar-refractivity contribution in [2.75, 3.05) is 5.43 Å². The van der Waals surface area contributed by atoms with E-state index in [4.69, 9.17) is 5.84 Å². The summed E-state index contributed by atoms with van der Waals surface area (Å²) in [6.45, 7) is 4.32. The lowest BCUT2D eigenvalue weighted by molar-refractivity contribution is 0.0951. The number of carbonyl (C=O) groups is 1. The lowest BCUT2D eigenvalue weighted by Gasteiger charge is -2.09. The summed E-state index contributed by atoms with van der Waals surface area (Å²) in [6.07, 6.45) is 4.31. The Morgan fingerprint density at radius 3 is 2.85 bits per heavy atom. The van der Waals surface area contributed by atoms with Gasteiger partial charge in [0.2, 0.25) is 0 Å². The van der Waals surface area contributed by atoms with Crippen molar-refractivity contribution in [2.24, 2.45) is 5.84 Å². The van der Waals surface area contributed by atoms with E-state index in [1.54, 1.807) is 17.4 Å². The van der Waals surface area contributed by atoms with Crippen LogP contribution < -0.4 is 16.6 Å². The summed E-state index contributed by atoms with van der Waals surface area (Å²) in [6, 6.07) is 1.73. The van der Waals surface area contributed by atoms with Gasteiger partial charge in [-0.3, -0.25) is 15.6 Å². The number of nitrogens with two attached hydrogens (primary N) is 1. The summed E-state index contributed by atoms with van der Waals surface area (Å²) in [5, 5.41) is 3.71. The molecule has 0 aromatic carbocycles. The number of rotatable bonds is 5. The molecule has 1 amide bonds.